The molecule has 15 heavy (non-hydrogen) atoms. The van der Waals surface area contributed by atoms with E-state index in [2.05, 4.69) is 39.5 Å². The van der Waals surface area contributed by atoms with E-state index in [1.54, 1.807) is 6.08 Å². The maximum absolute atomic E-state index is 5.29. The molecule has 0 aromatic heterocycles. The zero-order valence-electron chi connectivity index (χ0n) is 9.67. The zero-order valence-corrected chi connectivity index (χ0v) is 9.67. The minimum atomic E-state index is 0.989. The van der Waals surface area contributed by atoms with Gasteiger partial charge < -0.3 is 0 Å². The highest BCUT2D eigenvalue weighted by molar-refractivity contribution is 5.73. The Hall–Kier alpha value is -1.56. The molecular formula is C15H17. The van der Waals surface area contributed by atoms with Gasteiger partial charge in [-0.25, -0.2) is 0 Å². The molecule has 0 unspecified atom stereocenters. The number of hydrogen-bond acceptors (Lipinski definition) is 0. The first kappa shape index (κ1) is 11.5. The van der Waals surface area contributed by atoms with Gasteiger partial charge in [-0.15, -0.1) is 0 Å². The van der Waals surface area contributed by atoms with Crippen molar-refractivity contribution in [2.45, 2.75) is 20.8 Å². The summed E-state index contributed by atoms with van der Waals surface area (Å²) in [5.74, 6) is 0. The van der Waals surface area contributed by atoms with E-state index in [1.807, 2.05) is 6.08 Å². The first-order chi connectivity index (χ1) is 7.06. The van der Waals surface area contributed by atoms with E-state index in [0.29, 0.717) is 0 Å². The number of rotatable bonds is 3. The van der Waals surface area contributed by atoms with E-state index in [4.69, 9.17) is 6.58 Å². The molecule has 0 nitrogen and oxygen atoms in total. The van der Waals surface area contributed by atoms with Gasteiger partial charge in [0, 0.05) is 0 Å². The fourth-order valence-electron chi connectivity index (χ4n) is 1.49. The Morgan fingerprint density at radius 3 is 2.20 bits per heavy atom. The van der Waals surface area contributed by atoms with Crippen molar-refractivity contribution in [2.75, 3.05) is 0 Å². The monoisotopic (exact) mass is 197 g/mol. The van der Waals surface area contributed by atoms with Gasteiger partial charge in [-0.05, 0) is 48.6 Å². The van der Waals surface area contributed by atoms with Crippen molar-refractivity contribution in [3.8, 4) is 0 Å². The van der Waals surface area contributed by atoms with E-state index in [1.165, 1.54) is 22.8 Å². The summed E-state index contributed by atoms with van der Waals surface area (Å²) in [7, 11) is 0. The molecule has 0 aliphatic rings. The van der Waals surface area contributed by atoms with Gasteiger partial charge in [0.25, 0.3) is 0 Å². The number of hydrogen-bond donors (Lipinski definition) is 0. The molecule has 0 aliphatic carbocycles. The Labute approximate surface area is 92.6 Å². The van der Waals surface area contributed by atoms with Crippen LogP contribution in [0.4, 0.5) is 0 Å². The molecule has 1 aromatic rings. The minimum absolute atomic E-state index is 0.989. The summed E-state index contributed by atoms with van der Waals surface area (Å²) in [6.45, 7) is 15.7. The molecule has 0 amide bonds. The van der Waals surface area contributed by atoms with Crippen molar-refractivity contribution in [1.29, 1.82) is 0 Å². The smallest absolute Gasteiger partial charge is 0.0185 e. The second kappa shape index (κ2) is 4.79. The number of allylic oxidation sites excluding steroid dienone is 4. The lowest BCUT2D eigenvalue weighted by molar-refractivity contribution is 1.26. The second-order valence-electron chi connectivity index (χ2n) is 3.81. The molecule has 0 N–H and O–H groups in total. The average molecular weight is 197 g/mol. The van der Waals surface area contributed by atoms with Gasteiger partial charge in [0.2, 0.25) is 0 Å². The highest BCUT2D eigenvalue weighted by atomic mass is 14.1. The molecule has 0 fully saturated rings. The molecule has 0 spiro atoms. The summed E-state index contributed by atoms with van der Waals surface area (Å²) < 4.78 is 0. The van der Waals surface area contributed by atoms with E-state index < -0.39 is 0 Å². The van der Waals surface area contributed by atoms with Crippen molar-refractivity contribution < 1.29 is 0 Å². The van der Waals surface area contributed by atoms with Crippen LogP contribution in [0.25, 0.3) is 5.57 Å². The van der Waals surface area contributed by atoms with Gasteiger partial charge in [-0.3, -0.25) is 0 Å². The summed E-state index contributed by atoms with van der Waals surface area (Å²) in [5, 5.41) is 0. The molecular weight excluding hydrogens is 180 g/mol. The van der Waals surface area contributed by atoms with Crippen LogP contribution in [-0.2, 0) is 0 Å². The molecule has 1 radical (unpaired) electrons. The van der Waals surface area contributed by atoms with Crippen LogP contribution in [0.15, 0.2) is 36.9 Å². The second-order valence-corrected chi connectivity index (χ2v) is 3.81. The highest BCUT2D eigenvalue weighted by Gasteiger charge is 2.01. The first-order valence-electron chi connectivity index (χ1n) is 5.05. The predicted octanol–water partition coefficient (Wildman–Crippen LogP) is 4.17. The van der Waals surface area contributed by atoms with Crippen molar-refractivity contribution in [3.63, 3.8) is 0 Å². The van der Waals surface area contributed by atoms with Gasteiger partial charge >= 0.3 is 0 Å². The van der Waals surface area contributed by atoms with E-state index in [9.17, 15) is 0 Å². The number of benzene rings is 1. The summed E-state index contributed by atoms with van der Waals surface area (Å²) in [6.07, 6.45) is 5.23. The lowest BCUT2D eigenvalue weighted by atomic mass is 9.97. The third kappa shape index (κ3) is 2.69. The zero-order chi connectivity index (χ0) is 11.4. The topological polar surface area (TPSA) is 0 Å². The van der Waals surface area contributed by atoms with Crippen molar-refractivity contribution >= 4 is 5.57 Å². The lowest BCUT2D eigenvalue weighted by Gasteiger charge is -2.08. The molecule has 1 rings (SSSR count). The van der Waals surface area contributed by atoms with Crippen molar-refractivity contribution in [3.05, 3.63) is 65.8 Å². The molecule has 0 heteroatoms. The summed E-state index contributed by atoms with van der Waals surface area (Å²) in [6, 6.07) is 4.32. The molecule has 0 saturated heterocycles. The Balaban J connectivity index is 3.11. The third-order valence-corrected chi connectivity index (χ3v) is 2.71. The molecule has 0 aliphatic heterocycles. The van der Waals surface area contributed by atoms with Crippen LogP contribution < -0.4 is 0 Å². The van der Waals surface area contributed by atoms with Crippen LogP contribution in [0.3, 0.4) is 0 Å². The standard InChI is InChI=1S/C15H17/c1-6-7-8-11(2)15-9-12(3)14(5)13(4)10-15/h1,6-10H,2H2,3-5H3/b6-1?,8-7+. The van der Waals surface area contributed by atoms with Crippen LogP contribution in [0, 0.1) is 27.4 Å². The Morgan fingerprint density at radius 2 is 1.73 bits per heavy atom. The van der Waals surface area contributed by atoms with Crippen LogP contribution in [0.1, 0.15) is 22.3 Å². The van der Waals surface area contributed by atoms with E-state index in [0.717, 1.165) is 11.1 Å². The van der Waals surface area contributed by atoms with Crippen LogP contribution in [0.2, 0.25) is 0 Å². The summed E-state index contributed by atoms with van der Waals surface area (Å²) in [4.78, 5) is 0. The maximum atomic E-state index is 5.29. The van der Waals surface area contributed by atoms with Crippen LogP contribution in [-0.4, -0.2) is 0 Å². The predicted molar refractivity (Wildman–Crippen MR) is 67.7 cm³/mol. The third-order valence-electron chi connectivity index (χ3n) is 2.71. The van der Waals surface area contributed by atoms with Gasteiger partial charge in [-0.1, -0.05) is 43.5 Å². The molecule has 0 atom stereocenters. The quantitative estimate of drug-likeness (QED) is 0.638. The molecule has 1 aromatic carbocycles. The normalized spacial score (nSPS) is 10.6. The summed E-state index contributed by atoms with van der Waals surface area (Å²) >= 11 is 0. The van der Waals surface area contributed by atoms with E-state index in [-0.39, 0.29) is 0 Å². The van der Waals surface area contributed by atoms with Crippen molar-refractivity contribution in [1.82, 2.24) is 0 Å². The highest BCUT2D eigenvalue weighted by Crippen LogP contribution is 2.21. The molecule has 0 bridgehead atoms. The molecule has 77 valence electrons. The van der Waals surface area contributed by atoms with Gasteiger partial charge in [0.15, 0.2) is 0 Å². The Morgan fingerprint density at radius 1 is 1.20 bits per heavy atom. The SMILES string of the molecule is [CH]=C/C=C/C(=C)c1cc(C)c(C)c(C)c1. The average Bonchev–Trinajstić information content (AvgIpc) is 2.21. The molecule has 0 saturated carbocycles. The van der Waals surface area contributed by atoms with E-state index >= 15 is 0 Å². The number of aryl methyl sites for hydroxylation is 2. The van der Waals surface area contributed by atoms with Gasteiger partial charge in [0.05, 0.1) is 0 Å². The fraction of sp³-hybridized carbons (Fsp3) is 0.200. The minimum Gasteiger partial charge on any atom is -0.0912 e. The molecule has 0 heterocycles. The first-order valence-corrected chi connectivity index (χ1v) is 5.05. The van der Waals surface area contributed by atoms with Crippen LogP contribution >= 0.6 is 0 Å². The summed E-state index contributed by atoms with van der Waals surface area (Å²) in [5.41, 5.74) is 6.10. The fourth-order valence-corrected chi connectivity index (χ4v) is 1.49. The Bertz CT molecular complexity index is 397. The van der Waals surface area contributed by atoms with Crippen molar-refractivity contribution in [2.24, 2.45) is 0 Å². The maximum Gasteiger partial charge on any atom is -0.0185 e. The largest absolute Gasteiger partial charge is 0.0912 e. The van der Waals surface area contributed by atoms with Crippen LogP contribution in [0.5, 0.6) is 0 Å². The lowest BCUT2D eigenvalue weighted by Crippen LogP contribution is -1.90. The van der Waals surface area contributed by atoms with Gasteiger partial charge in [-0.2, -0.15) is 0 Å². The van der Waals surface area contributed by atoms with Gasteiger partial charge in [0.1, 0.15) is 0 Å². The Kier molecular flexibility index (Phi) is 3.68.